The van der Waals surface area contributed by atoms with Crippen molar-refractivity contribution in [2.24, 2.45) is 5.92 Å². The molecule has 1 aliphatic rings. The second kappa shape index (κ2) is 5.67. The molecule has 0 radical (unpaired) electrons. The molecular weight excluding hydrogens is 223 g/mol. The van der Waals surface area contributed by atoms with Crippen LogP contribution in [0.4, 0.5) is 4.39 Å². The van der Waals surface area contributed by atoms with Crippen LogP contribution >= 0.6 is 11.6 Å². The van der Waals surface area contributed by atoms with Crippen LogP contribution in [0.3, 0.4) is 0 Å². The number of halogens is 2. The van der Waals surface area contributed by atoms with Gasteiger partial charge in [0.2, 0.25) is 0 Å². The Balaban J connectivity index is 1.96. The number of benzene rings is 1. The van der Waals surface area contributed by atoms with Crippen LogP contribution < -0.4 is 0 Å². The third-order valence-electron chi connectivity index (χ3n) is 3.53. The summed E-state index contributed by atoms with van der Waals surface area (Å²) < 4.78 is 13.5. The second-order valence-corrected chi connectivity index (χ2v) is 5.27. The second-order valence-electron chi connectivity index (χ2n) is 4.71. The van der Waals surface area contributed by atoms with Gasteiger partial charge in [-0.05, 0) is 36.8 Å². The Bertz CT molecular complexity index is 331. The lowest BCUT2D eigenvalue weighted by molar-refractivity contribution is 0.343. The molecular formula is C14H18ClF. The van der Waals surface area contributed by atoms with E-state index in [1.54, 1.807) is 6.07 Å². The standard InChI is InChI=1S/C14H18ClF/c15-13(11-6-2-1-3-7-11)10-12-8-4-5-9-14(12)16/h4-5,8-9,11,13H,1-3,6-7,10H2. The van der Waals surface area contributed by atoms with Crippen molar-refractivity contribution in [2.45, 2.75) is 43.9 Å². The van der Waals surface area contributed by atoms with Crippen LogP contribution in [0, 0.1) is 11.7 Å². The predicted octanol–water partition coefficient (Wildman–Crippen LogP) is 4.56. The molecule has 1 atom stereocenters. The van der Waals surface area contributed by atoms with Crippen LogP contribution in [0.15, 0.2) is 24.3 Å². The molecule has 0 spiro atoms. The van der Waals surface area contributed by atoms with Crippen molar-refractivity contribution in [1.29, 1.82) is 0 Å². The maximum Gasteiger partial charge on any atom is 0.126 e. The van der Waals surface area contributed by atoms with Gasteiger partial charge >= 0.3 is 0 Å². The van der Waals surface area contributed by atoms with Gasteiger partial charge in [0, 0.05) is 5.38 Å². The van der Waals surface area contributed by atoms with E-state index >= 15 is 0 Å². The lowest BCUT2D eigenvalue weighted by atomic mass is 9.85. The quantitative estimate of drug-likeness (QED) is 0.680. The molecule has 0 heterocycles. The van der Waals surface area contributed by atoms with E-state index in [9.17, 15) is 4.39 Å². The predicted molar refractivity (Wildman–Crippen MR) is 66.3 cm³/mol. The monoisotopic (exact) mass is 240 g/mol. The highest BCUT2D eigenvalue weighted by Crippen LogP contribution is 2.31. The van der Waals surface area contributed by atoms with Gasteiger partial charge in [0.25, 0.3) is 0 Å². The van der Waals surface area contributed by atoms with Crippen molar-refractivity contribution >= 4 is 11.6 Å². The molecule has 1 aromatic carbocycles. The summed E-state index contributed by atoms with van der Waals surface area (Å²) in [6, 6.07) is 6.96. The van der Waals surface area contributed by atoms with Crippen molar-refractivity contribution in [3.8, 4) is 0 Å². The zero-order valence-corrected chi connectivity index (χ0v) is 10.2. The van der Waals surface area contributed by atoms with E-state index in [1.165, 1.54) is 38.2 Å². The van der Waals surface area contributed by atoms with Gasteiger partial charge in [0.1, 0.15) is 5.82 Å². The third kappa shape index (κ3) is 2.98. The fourth-order valence-electron chi connectivity index (χ4n) is 2.54. The molecule has 1 unspecified atom stereocenters. The first-order chi connectivity index (χ1) is 7.77. The molecule has 88 valence electrons. The van der Waals surface area contributed by atoms with Crippen LogP contribution in [0.5, 0.6) is 0 Å². The summed E-state index contributed by atoms with van der Waals surface area (Å²) in [6.07, 6.45) is 6.99. The van der Waals surface area contributed by atoms with Gasteiger partial charge in [-0.15, -0.1) is 11.6 Å². The molecule has 1 aromatic rings. The first-order valence-corrected chi connectivity index (χ1v) is 6.58. The van der Waals surface area contributed by atoms with Crippen molar-refractivity contribution in [3.05, 3.63) is 35.6 Å². The van der Waals surface area contributed by atoms with Gasteiger partial charge in [0.15, 0.2) is 0 Å². The van der Waals surface area contributed by atoms with Crippen molar-refractivity contribution < 1.29 is 4.39 Å². The first-order valence-electron chi connectivity index (χ1n) is 6.15. The molecule has 1 fully saturated rings. The summed E-state index contributed by atoms with van der Waals surface area (Å²) in [5, 5.41) is 0.0946. The Morgan fingerprint density at radius 1 is 1.19 bits per heavy atom. The third-order valence-corrected chi connectivity index (χ3v) is 4.04. The molecule has 0 N–H and O–H groups in total. The van der Waals surface area contributed by atoms with E-state index in [-0.39, 0.29) is 11.2 Å². The SMILES string of the molecule is Fc1ccccc1CC(Cl)C1CCCCC1. The molecule has 1 aliphatic carbocycles. The molecule has 0 nitrogen and oxygen atoms in total. The van der Waals surface area contributed by atoms with Crippen LogP contribution in [0.2, 0.25) is 0 Å². The van der Waals surface area contributed by atoms with Gasteiger partial charge in [-0.3, -0.25) is 0 Å². The fourth-order valence-corrected chi connectivity index (χ4v) is 2.95. The van der Waals surface area contributed by atoms with Gasteiger partial charge in [-0.2, -0.15) is 0 Å². The maximum absolute atomic E-state index is 13.5. The zero-order valence-electron chi connectivity index (χ0n) is 9.46. The zero-order chi connectivity index (χ0) is 11.4. The minimum absolute atomic E-state index is 0.0946. The van der Waals surface area contributed by atoms with Gasteiger partial charge < -0.3 is 0 Å². The maximum atomic E-state index is 13.5. The van der Waals surface area contributed by atoms with E-state index in [0.29, 0.717) is 12.3 Å². The number of alkyl halides is 1. The molecule has 0 aliphatic heterocycles. The fraction of sp³-hybridized carbons (Fsp3) is 0.571. The molecule has 0 bridgehead atoms. The molecule has 16 heavy (non-hydrogen) atoms. The summed E-state index contributed by atoms with van der Waals surface area (Å²) in [4.78, 5) is 0. The minimum Gasteiger partial charge on any atom is -0.207 e. The number of rotatable bonds is 3. The van der Waals surface area contributed by atoms with Crippen LogP contribution in [-0.4, -0.2) is 5.38 Å². The molecule has 1 saturated carbocycles. The number of hydrogen-bond acceptors (Lipinski definition) is 0. The van der Waals surface area contributed by atoms with Crippen molar-refractivity contribution in [1.82, 2.24) is 0 Å². The summed E-state index contributed by atoms with van der Waals surface area (Å²) >= 11 is 6.40. The van der Waals surface area contributed by atoms with Crippen LogP contribution in [-0.2, 0) is 6.42 Å². The van der Waals surface area contributed by atoms with Gasteiger partial charge in [0.05, 0.1) is 0 Å². The molecule has 0 aromatic heterocycles. The van der Waals surface area contributed by atoms with E-state index in [4.69, 9.17) is 11.6 Å². The minimum atomic E-state index is -0.121. The Hall–Kier alpha value is -0.560. The lowest BCUT2D eigenvalue weighted by Crippen LogP contribution is -2.20. The Morgan fingerprint density at radius 2 is 1.88 bits per heavy atom. The molecule has 2 rings (SSSR count). The van der Waals surface area contributed by atoms with E-state index in [0.717, 1.165) is 5.56 Å². The highest BCUT2D eigenvalue weighted by molar-refractivity contribution is 6.20. The summed E-state index contributed by atoms with van der Waals surface area (Å²) in [5.74, 6) is 0.457. The lowest BCUT2D eigenvalue weighted by Gasteiger charge is -2.26. The summed E-state index contributed by atoms with van der Waals surface area (Å²) in [7, 11) is 0. The number of hydrogen-bond donors (Lipinski definition) is 0. The van der Waals surface area contributed by atoms with Gasteiger partial charge in [-0.25, -0.2) is 4.39 Å². The summed E-state index contributed by atoms with van der Waals surface area (Å²) in [5.41, 5.74) is 0.757. The first kappa shape index (κ1) is 11.9. The van der Waals surface area contributed by atoms with Crippen LogP contribution in [0.1, 0.15) is 37.7 Å². The largest absolute Gasteiger partial charge is 0.207 e. The van der Waals surface area contributed by atoms with E-state index < -0.39 is 0 Å². The smallest absolute Gasteiger partial charge is 0.126 e. The Kier molecular flexibility index (Phi) is 4.22. The van der Waals surface area contributed by atoms with Crippen molar-refractivity contribution in [2.75, 3.05) is 0 Å². The average Bonchev–Trinajstić information content (AvgIpc) is 2.33. The van der Waals surface area contributed by atoms with Crippen molar-refractivity contribution in [3.63, 3.8) is 0 Å². The van der Waals surface area contributed by atoms with E-state index in [2.05, 4.69) is 0 Å². The Morgan fingerprint density at radius 3 is 2.56 bits per heavy atom. The highest BCUT2D eigenvalue weighted by Gasteiger charge is 2.22. The Labute approximate surface area is 102 Å². The van der Waals surface area contributed by atoms with Gasteiger partial charge in [-0.1, -0.05) is 37.5 Å². The topological polar surface area (TPSA) is 0 Å². The molecule has 0 amide bonds. The normalized spacial score (nSPS) is 19.6. The molecule has 0 saturated heterocycles. The van der Waals surface area contributed by atoms with Crippen LogP contribution in [0.25, 0.3) is 0 Å². The highest BCUT2D eigenvalue weighted by atomic mass is 35.5. The average molecular weight is 241 g/mol. The molecule has 2 heteroatoms. The van der Waals surface area contributed by atoms with E-state index in [1.807, 2.05) is 12.1 Å². The summed E-state index contributed by atoms with van der Waals surface area (Å²) in [6.45, 7) is 0.